The zero-order valence-corrected chi connectivity index (χ0v) is 27.8. The Bertz CT molecular complexity index is 1890. The minimum Gasteiger partial charge on any atom is -0.340 e. The van der Waals surface area contributed by atoms with Crippen molar-refractivity contribution in [3.05, 3.63) is 80.3 Å². The number of hydrogen-bond acceptors (Lipinski definition) is 10. The van der Waals surface area contributed by atoms with Crippen molar-refractivity contribution in [2.24, 2.45) is 4.99 Å². The van der Waals surface area contributed by atoms with E-state index in [1.54, 1.807) is 17.4 Å². The van der Waals surface area contributed by atoms with Crippen LogP contribution in [0.15, 0.2) is 41.4 Å². The fraction of sp³-hybridized carbons (Fsp3) is 0.375. The number of aliphatic imine (C=N–C) groups is 1. The predicted octanol–water partition coefficient (Wildman–Crippen LogP) is 3.77. The van der Waals surface area contributed by atoms with E-state index in [9.17, 15) is 14.4 Å². The molecule has 242 valence electrons. The number of urea groups is 1. The Balaban J connectivity index is 1.05. The van der Waals surface area contributed by atoms with E-state index >= 15 is 0 Å². The molecule has 1 aromatic carbocycles. The summed E-state index contributed by atoms with van der Waals surface area (Å²) in [6.45, 7) is 9.50. The Morgan fingerprint density at radius 3 is 2.43 bits per heavy atom. The maximum absolute atomic E-state index is 13.8. The number of rotatable bonds is 6. The van der Waals surface area contributed by atoms with Crippen molar-refractivity contribution in [3.8, 4) is 5.00 Å². The monoisotopic (exact) mass is 672 g/mol. The Hall–Kier alpha value is -4.53. The average molecular weight is 673 g/mol. The molecule has 3 aromatic heterocycles. The lowest BCUT2D eigenvalue weighted by molar-refractivity contribution is -0.133. The van der Waals surface area contributed by atoms with Crippen LogP contribution in [0.25, 0.3) is 5.00 Å². The second kappa shape index (κ2) is 12.6. The van der Waals surface area contributed by atoms with Gasteiger partial charge in [-0.15, -0.1) is 26.6 Å². The SMILES string of the molecule is Cc1sc2c(c1C)C(c1ccc(Cl)cc1)=N[C@@H](CC(=O)N1CCN(Cc3ccc(N4CCC(=O)NC4=O)nn3)CC1)c1nnc(C)n1-2. The van der Waals surface area contributed by atoms with Gasteiger partial charge in [0.05, 0.1) is 17.8 Å². The molecule has 4 amide bonds. The van der Waals surface area contributed by atoms with Crippen molar-refractivity contribution in [3.63, 3.8) is 0 Å². The summed E-state index contributed by atoms with van der Waals surface area (Å²) in [5.74, 6) is 1.55. The summed E-state index contributed by atoms with van der Waals surface area (Å²) in [4.78, 5) is 49.3. The van der Waals surface area contributed by atoms with Crippen molar-refractivity contribution in [1.29, 1.82) is 0 Å². The van der Waals surface area contributed by atoms with E-state index in [1.165, 1.54) is 9.78 Å². The molecule has 15 heteroatoms. The summed E-state index contributed by atoms with van der Waals surface area (Å²) in [5.41, 5.74) is 4.70. The van der Waals surface area contributed by atoms with Crippen LogP contribution in [-0.4, -0.2) is 91.0 Å². The summed E-state index contributed by atoms with van der Waals surface area (Å²) in [7, 11) is 0. The molecule has 3 aliphatic heterocycles. The number of nitrogens with zero attached hydrogens (tertiary/aromatic N) is 9. The number of imide groups is 1. The summed E-state index contributed by atoms with van der Waals surface area (Å²) in [6, 6.07) is 10.2. The Morgan fingerprint density at radius 1 is 0.957 bits per heavy atom. The highest BCUT2D eigenvalue weighted by Crippen LogP contribution is 2.39. The first-order valence-electron chi connectivity index (χ1n) is 15.5. The maximum atomic E-state index is 13.8. The molecule has 1 atom stereocenters. The number of anilines is 1. The molecule has 0 aliphatic carbocycles. The first-order valence-corrected chi connectivity index (χ1v) is 16.7. The van der Waals surface area contributed by atoms with E-state index in [0.29, 0.717) is 49.4 Å². The smallest absolute Gasteiger partial charge is 0.329 e. The van der Waals surface area contributed by atoms with E-state index in [2.05, 4.69) is 49.0 Å². The first-order chi connectivity index (χ1) is 22.7. The normalized spacial score (nSPS) is 18.4. The van der Waals surface area contributed by atoms with Gasteiger partial charge in [0.15, 0.2) is 11.6 Å². The lowest BCUT2D eigenvalue weighted by Gasteiger charge is -2.35. The number of halogens is 1. The molecule has 0 radical (unpaired) electrons. The Morgan fingerprint density at radius 2 is 1.72 bits per heavy atom. The molecular weight excluding hydrogens is 640 g/mol. The summed E-state index contributed by atoms with van der Waals surface area (Å²) < 4.78 is 2.06. The molecule has 0 bridgehead atoms. The van der Waals surface area contributed by atoms with E-state index in [1.807, 2.05) is 42.2 Å². The molecule has 47 heavy (non-hydrogen) atoms. The minimum atomic E-state index is -0.513. The number of piperazine rings is 1. The number of thiophene rings is 1. The standard InChI is InChI=1S/C32H33ClN10O3S/c1-18-19(2)47-31-28(18)29(21-4-6-22(33)7-5-21)34-24(30-39-36-20(3)43(30)31)16-27(45)41-14-12-40(13-15-41)17-23-8-9-25(38-37-23)42-11-10-26(44)35-32(42)46/h4-9,24H,10-17H2,1-3H3,(H,35,44,46)/t24-/m0/s1. The number of nitrogens with one attached hydrogen (secondary N) is 1. The molecule has 13 nitrogen and oxygen atoms in total. The molecule has 2 saturated heterocycles. The van der Waals surface area contributed by atoms with Crippen LogP contribution in [-0.2, 0) is 16.1 Å². The lowest BCUT2D eigenvalue weighted by Crippen LogP contribution is -2.50. The molecule has 0 spiro atoms. The number of carbonyl (C=O) groups is 3. The van der Waals surface area contributed by atoms with Crippen molar-refractivity contribution in [2.45, 2.75) is 46.2 Å². The van der Waals surface area contributed by atoms with Gasteiger partial charge in [0.25, 0.3) is 0 Å². The van der Waals surface area contributed by atoms with Gasteiger partial charge in [-0.05, 0) is 50.6 Å². The fourth-order valence-electron chi connectivity index (χ4n) is 6.18. The molecule has 2 fully saturated rings. The Labute approximate surface area is 280 Å². The number of benzene rings is 1. The van der Waals surface area contributed by atoms with E-state index in [4.69, 9.17) is 16.6 Å². The molecular formula is C32H33ClN10O3S. The van der Waals surface area contributed by atoms with Gasteiger partial charge in [-0.3, -0.25) is 34.3 Å². The van der Waals surface area contributed by atoms with Crippen LogP contribution in [0.3, 0.4) is 0 Å². The number of carbonyl (C=O) groups excluding carboxylic acids is 3. The summed E-state index contributed by atoms with van der Waals surface area (Å²) >= 11 is 7.92. The molecule has 0 saturated carbocycles. The highest BCUT2D eigenvalue weighted by Gasteiger charge is 2.34. The van der Waals surface area contributed by atoms with Gasteiger partial charge in [0.1, 0.15) is 16.9 Å². The van der Waals surface area contributed by atoms with E-state index in [-0.39, 0.29) is 31.2 Å². The van der Waals surface area contributed by atoms with Crippen molar-refractivity contribution >= 4 is 52.3 Å². The van der Waals surface area contributed by atoms with Crippen molar-refractivity contribution < 1.29 is 14.4 Å². The number of aryl methyl sites for hydroxylation is 2. The molecule has 3 aliphatic rings. The second-order valence-corrected chi connectivity index (χ2v) is 13.5. The van der Waals surface area contributed by atoms with Gasteiger partial charge in [-0.2, -0.15) is 5.10 Å². The number of fused-ring (bicyclic) bond motifs is 3. The predicted molar refractivity (Wildman–Crippen MR) is 177 cm³/mol. The third kappa shape index (κ3) is 6.03. The Kier molecular flexibility index (Phi) is 8.32. The molecule has 7 rings (SSSR count). The maximum Gasteiger partial charge on any atom is 0.329 e. The number of amides is 4. The van der Waals surface area contributed by atoms with E-state index < -0.39 is 12.1 Å². The fourth-order valence-corrected chi connectivity index (χ4v) is 7.52. The zero-order chi connectivity index (χ0) is 32.8. The molecule has 4 aromatic rings. The second-order valence-electron chi connectivity index (χ2n) is 11.9. The van der Waals surface area contributed by atoms with Crippen LogP contribution in [0.5, 0.6) is 0 Å². The van der Waals surface area contributed by atoms with Crippen LogP contribution in [0.1, 0.15) is 57.8 Å². The molecule has 6 heterocycles. The zero-order valence-electron chi connectivity index (χ0n) is 26.2. The van der Waals surface area contributed by atoms with Crippen LogP contribution in [0, 0.1) is 20.8 Å². The van der Waals surface area contributed by atoms with Crippen LogP contribution >= 0.6 is 22.9 Å². The number of aromatic nitrogens is 5. The van der Waals surface area contributed by atoms with Gasteiger partial charge >= 0.3 is 6.03 Å². The molecule has 0 unspecified atom stereocenters. The lowest BCUT2D eigenvalue weighted by atomic mass is 9.99. The summed E-state index contributed by atoms with van der Waals surface area (Å²) in [5, 5.41) is 21.4. The highest BCUT2D eigenvalue weighted by atomic mass is 35.5. The van der Waals surface area contributed by atoms with Crippen LogP contribution in [0.4, 0.5) is 10.6 Å². The molecule has 1 N–H and O–H groups in total. The van der Waals surface area contributed by atoms with Crippen LogP contribution in [0.2, 0.25) is 5.02 Å². The first kappa shape index (κ1) is 31.1. The quantitative estimate of drug-likeness (QED) is 0.326. The third-order valence-corrected chi connectivity index (χ3v) is 10.3. The van der Waals surface area contributed by atoms with Crippen molar-refractivity contribution in [1.82, 2.24) is 40.1 Å². The topological polar surface area (TPSA) is 142 Å². The third-order valence-electron chi connectivity index (χ3n) is 8.87. The van der Waals surface area contributed by atoms with Gasteiger partial charge in [0, 0.05) is 66.7 Å². The number of hydrogen-bond donors (Lipinski definition) is 1. The van der Waals surface area contributed by atoms with Gasteiger partial charge < -0.3 is 4.90 Å². The van der Waals surface area contributed by atoms with Gasteiger partial charge in [-0.25, -0.2) is 4.79 Å². The van der Waals surface area contributed by atoms with Gasteiger partial charge in [0.2, 0.25) is 11.8 Å². The van der Waals surface area contributed by atoms with E-state index in [0.717, 1.165) is 38.9 Å². The van der Waals surface area contributed by atoms with Crippen LogP contribution < -0.4 is 10.2 Å². The van der Waals surface area contributed by atoms with Gasteiger partial charge in [-0.1, -0.05) is 23.7 Å². The highest BCUT2D eigenvalue weighted by molar-refractivity contribution is 7.15. The summed E-state index contributed by atoms with van der Waals surface area (Å²) in [6.07, 6.45) is 0.397. The van der Waals surface area contributed by atoms with Crippen molar-refractivity contribution in [2.75, 3.05) is 37.6 Å². The minimum absolute atomic E-state index is 0.0154. The average Bonchev–Trinajstić information content (AvgIpc) is 3.54. The largest absolute Gasteiger partial charge is 0.340 e.